The van der Waals surface area contributed by atoms with Crippen LogP contribution in [0.4, 0.5) is 5.69 Å². The molecular weight excluding hydrogens is 340 g/mol. The highest BCUT2D eigenvalue weighted by molar-refractivity contribution is 7.89. The van der Waals surface area contributed by atoms with Gasteiger partial charge >= 0.3 is 0 Å². The highest BCUT2D eigenvalue weighted by Crippen LogP contribution is 2.15. The minimum absolute atomic E-state index is 0.0334. The molecule has 0 aliphatic carbocycles. The lowest BCUT2D eigenvalue weighted by Crippen LogP contribution is -2.24. The first-order valence-electron chi connectivity index (χ1n) is 7.85. The second kappa shape index (κ2) is 8.04. The molecule has 7 heteroatoms. The van der Waals surface area contributed by atoms with Gasteiger partial charge in [-0.1, -0.05) is 25.1 Å². The molecule has 0 saturated carbocycles. The molecule has 0 heterocycles. The predicted molar refractivity (Wildman–Crippen MR) is 96.3 cm³/mol. The van der Waals surface area contributed by atoms with Crippen LogP contribution in [-0.2, 0) is 10.0 Å². The summed E-state index contributed by atoms with van der Waals surface area (Å²) in [6, 6.07) is 12.4. The Hall–Kier alpha value is -2.51. The molecule has 0 fully saturated rings. The fourth-order valence-electron chi connectivity index (χ4n) is 2.14. The number of anilines is 1. The molecule has 0 radical (unpaired) electrons. The van der Waals surface area contributed by atoms with Crippen LogP contribution in [0.1, 0.15) is 41.0 Å². The van der Waals surface area contributed by atoms with Crippen LogP contribution in [0.5, 0.6) is 0 Å². The highest BCUT2D eigenvalue weighted by atomic mass is 32.2. The zero-order valence-electron chi connectivity index (χ0n) is 14.1. The molecule has 2 aromatic carbocycles. The summed E-state index contributed by atoms with van der Waals surface area (Å²) in [6.45, 7) is 3.64. The summed E-state index contributed by atoms with van der Waals surface area (Å²) in [6.07, 6.45) is 0.673. The molecule has 0 unspecified atom stereocenters. The number of hydrogen-bond acceptors (Lipinski definition) is 4. The molecule has 132 valence electrons. The van der Waals surface area contributed by atoms with Crippen molar-refractivity contribution < 1.29 is 18.0 Å². The summed E-state index contributed by atoms with van der Waals surface area (Å²) in [5.41, 5.74) is 1.17. The van der Waals surface area contributed by atoms with E-state index in [-0.39, 0.29) is 16.2 Å². The number of nitrogens with one attached hydrogen (secondary N) is 2. The van der Waals surface area contributed by atoms with Gasteiger partial charge in [-0.25, -0.2) is 13.1 Å². The van der Waals surface area contributed by atoms with Crippen molar-refractivity contribution in [2.24, 2.45) is 0 Å². The number of sulfonamides is 1. The average Bonchev–Trinajstić information content (AvgIpc) is 2.60. The maximum absolute atomic E-state index is 12.4. The van der Waals surface area contributed by atoms with Gasteiger partial charge in [-0.15, -0.1) is 0 Å². The van der Waals surface area contributed by atoms with E-state index < -0.39 is 15.9 Å². The Balaban J connectivity index is 2.22. The Bertz CT molecular complexity index is 891. The fraction of sp³-hybridized carbons (Fsp3) is 0.222. The van der Waals surface area contributed by atoms with Gasteiger partial charge in [0.2, 0.25) is 10.0 Å². The lowest BCUT2D eigenvalue weighted by Gasteiger charge is -2.09. The van der Waals surface area contributed by atoms with Crippen LogP contribution >= 0.6 is 0 Å². The van der Waals surface area contributed by atoms with Crippen molar-refractivity contribution in [3.63, 3.8) is 0 Å². The zero-order chi connectivity index (χ0) is 18.4. The normalized spacial score (nSPS) is 11.1. The van der Waals surface area contributed by atoms with Gasteiger partial charge in [0.1, 0.15) is 0 Å². The number of carbonyl (C=O) groups excluding carboxylic acids is 2. The third kappa shape index (κ3) is 4.98. The first-order valence-corrected chi connectivity index (χ1v) is 9.34. The first-order chi connectivity index (χ1) is 11.8. The van der Waals surface area contributed by atoms with E-state index in [9.17, 15) is 18.0 Å². The van der Waals surface area contributed by atoms with Gasteiger partial charge in [-0.05, 0) is 43.7 Å². The SMILES string of the molecule is CCCNS(=O)(=O)c1cccc(C(=O)Nc2cccc(C(C)=O)c2)c1. The zero-order valence-corrected chi connectivity index (χ0v) is 14.9. The Labute approximate surface area is 147 Å². The van der Waals surface area contributed by atoms with E-state index in [2.05, 4.69) is 10.0 Å². The third-order valence-electron chi connectivity index (χ3n) is 3.48. The Morgan fingerprint density at radius 3 is 2.36 bits per heavy atom. The Kier molecular flexibility index (Phi) is 6.06. The molecule has 1 amide bonds. The summed E-state index contributed by atoms with van der Waals surface area (Å²) in [4.78, 5) is 23.8. The topological polar surface area (TPSA) is 92.3 Å². The molecule has 0 aromatic heterocycles. The highest BCUT2D eigenvalue weighted by Gasteiger charge is 2.16. The molecule has 0 aliphatic rings. The molecule has 2 rings (SSSR count). The predicted octanol–water partition coefficient (Wildman–Crippen LogP) is 2.83. The van der Waals surface area contributed by atoms with Gasteiger partial charge in [-0.2, -0.15) is 0 Å². The molecule has 6 nitrogen and oxygen atoms in total. The van der Waals surface area contributed by atoms with E-state index in [1.165, 1.54) is 31.2 Å². The van der Waals surface area contributed by atoms with Gasteiger partial charge in [0.15, 0.2) is 5.78 Å². The third-order valence-corrected chi connectivity index (χ3v) is 4.93. The Morgan fingerprint density at radius 2 is 1.68 bits per heavy atom. The van der Waals surface area contributed by atoms with Crippen LogP contribution in [0.15, 0.2) is 53.4 Å². The molecule has 2 aromatic rings. The van der Waals surface area contributed by atoms with E-state index in [1.54, 1.807) is 24.3 Å². The maximum Gasteiger partial charge on any atom is 0.255 e. The van der Waals surface area contributed by atoms with E-state index >= 15 is 0 Å². The van der Waals surface area contributed by atoms with Gasteiger partial charge in [-0.3, -0.25) is 9.59 Å². The van der Waals surface area contributed by atoms with Crippen LogP contribution in [0.2, 0.25) is 0 Å². The number of ketones is 1. The van der Waals surface area contributed by atoms with Gasteiger partial charge < -0.3 is 5.32 Å². The lowest BCUT2D eigenvalue weighted by molar-refractivity contribution is 0.101. The quantitative estimate of drug-likeness (QED) is 0.743. The number of amides is 1. The van der Waals surface area contributed by atoms with Crippen molar-refractivity contribution in [1.82, 2.24) is 4.72 Å². The van der Waals surface area contributed by atoms with Crippen LogP contribution < -0.4 is 10.0 Å². The second-order valence-corrected chi connectivity index (χ2v) is 7.28. The first kappa shape index (κ1) is 18.8. The molecule has 0 spiro atoms. The van der Waals surface area contributed by atoms with Crippen LogP contribution in [0.3, 0.4) is 0 Å². The Morgan fingerprint density at radius 1 is 1.00 bits per heavy atom. The molecule has 25 heavy (non-hydrogen) atoms. The standard InChI is InChI=1S/C18H20N2O4S/c1-3-10-19-25(23,24)17-9-5-7-15(12-17)18(22)20-16-8-4-6-14(11-16)13(2)21/h4-9,11-12,19H,3,10H2,1-2H3,(H,20,22). The molecule has 0 bridgehead atoms. The van der Waals surface area contributed by atoms with E-state index in [1.807, 2.05) is 6.92 Å². The average molecular weight is 360 g/mol. The molecule has 2 N–H and O–H groups in total. The van der Waals surface area contributed by atoms with E-state index in [0.717, 1.165) is 0 Å². The van der Waals surface area contributed by atoms with Crippen LogP contribution in [0.25, 0.3) is 0 Å². The number of Topliss-reactive ketones (excluding diaryl/α,β-unsaturated/α-hetero) is 1. The maximum atomic E-state index is 12.4. The number of benzene rings is 2. The largest absolute Gasteiger partial charge is 0.322 e. The monoisotopic (exact) mass is 360 g/mol. The molecule has 0 aliphatic heterocycles. The van der Waals surface area contributed by atoms with E-state index in [0.29, 0.717) is 24.2 Å². The molecular formula is C18H20N2O4S. The summed E-state index contributed by atoms with van der Waals surface area (Å²) in [5, 5.41) is 2.67. The summed E-state index contributed by atoms with van der Waals surface area (Å²) < 4.78 is 26.8. The molecule has 0 atom stereocenters. The van der Waals surface area contributed by atoms with E-state index in [4.69, 9.17) is 0 Å². The van der Waals surface area contributed by atoms with Crippen molar-refractivity contribution in [3.8, 4) is 0 Å². The number of hydrogen-bond donors (Lipinski definition) is 2. The van der Waals surface area contributed by atoms with Crippen molar-refractivity contribution in [3.05, 3.63) is 59.7 Å². The number of rotatable bonds is 7. The fourth-order valence-corrected chi connectivity index (χ4v) is 3.32. The van der Waals surface area contributed by atoms with Crippen molar-refractivity contribution in [2.45, 2.75) is 25.2 Å². The lowest BCUT2D eigenvalue weighted by atomic mass is 10.1. The van der Waals surface area contributed by atoms with Gasteiger partial charge in [0, 0.05) is 23.4 Å². The second-order valence-electron chi connectivity index (χ2n) is 5.52. The van der Waals surface area contributed by atoms with Gasteiger partial charge in [0.25, 0.3) is 5.91 Å². The van der Waals surface area contributed by atoms with Gasteiger partial charge in [0.05, 0.1) is 4.90 Å². The van der Waals surface area contributed by atoms with Crippen molar-refractivity contribution in [2.75, 3.05) is 11.9 Å². The van der Waals surface area contributed by atoms with Crippen molar-refractivity contribution in [1.29, 1.82) is 0 Å². The van der Waals surface area contributed by atoms with Crippen molar-refractivity contribution >= 4 is 27.4 Å². The van der Waals surface area contributed by atoms with Crippen LogP contribution in [0, 0.1) is 0 Å². The summed E-state index contributed by atoms with van der Waals surface area (Å²) in [5.74, 6) is -0.556. The number of carbonyl (C=O) groups is 2. The summed E-state index contributed by atoms with van der Waals surface area (Å²) in [7, 11) is -3.64. The smallest absolute Gasteiger partial charge is 0.255 e. The minimum atomic E-state index is -3.64. The summed E-state index contributed by atoms with van der Waals surface area (Å²) >= 11 is 0. The van der Waals surface area contributed by atoms with Crippen LogP contribution in [-0.4, -0.2) is 26.7 Å². The molecule has 0 saturated heterocycles. The minimum Gasteiger partial charge on any atom is -0.322 e.